The van der Waals surface area contributed by atoms with E-state index in [1.54, 1.807) is 13.8 Å². The number of carbonyl (C=O) groups excluding carboxylic acids is 2. The summed E-state index contributed by atoms with van der Waals surface area (Å²) >= 11 is 0. The predicted octanol–water partition coefficient (Wildman–Crippen LogP) is 0.0505. The number of quaternary nitrogens is 1. The molecule has 1 rings (SSSR count). The van der Waals surface area contributed by atoms with Crippen molar-refractivity contribution in [3.05, 3.63) is 0 Å². The summed E-state index contributed by atoms with van der Waals surface area (Å²) in [4.78, 5) is 24.3. The Morgan fingerprint density at radius 2 is 1.57 bits per heavy atom. The highest BCUT2D eigenvalue weighted by Gasteiger charge is 2.44. The molecule has 0 radical (unpaired) electrons. The van der Waals surface area contributed by atoms with Gasteiger partial charge >= 0.3 is 0 Å². The minimum atomic E-state index is -0.406. The molecule has 0 spiro atoms. The van der Waals surface area contributed by atoms with Gasteiger partial charge in [-0.2, -0.15) is 4.65 Å². The quantitative estimate of drug-likeness (QED) is 0.390. The standard InChI is InChI=1S/C9H17N2O3/c1-6-7(2)9(13)10(8(6)12)5-11(3,4)14/h6-7,14H,5H2,1-4H3/q+1. The molecule has 5 heteroatoms. The van der Waals surface area contributed by atoms with Gasteiger partial charge in [-0.3, -0.25) is 9.59 Å². The fraction of sp³-hybridized carbons (Fsp3) is 0.778. The van der Waals surface area contributed by atoms with E-state index in [9.17, 15) is 14.8 Å². The number of carbonyl (C=O) groups is 2. The average Bonchev–Trinajstić information content (AvgIpc) is 2.20. The van der Waals surface area contributed by atoms with E-state index in [0.717, 1.165) is 4.90 Å². The van der Waals surface area contributed by atoms with Gasteiger partial charge in [-0.05, 0) is 0 Å². The largest absolute Gasteiger partial charge is 0.274 e. The van der Waals surface area contributed by atoms with Gasteiger partial charge in [-0.15, -0.1) is 0 Å². The Hall–Kier alpha value is -0.940. The van der Waals surface area contributed by atoms with Crippen molar-refractivity contribution in [2.24, 2.45) is 11.8 Å². The van der Waals surface area contributed by atoms with Gasteiger partial charge in [0.2, 0.25) is 11.8 Å². The van der Waals surface area contributed by atoms with Crippen molar-refractivity contribution in [3.63, 3.8) is 0 Å². The Kier molecular flexibility index (Phi) is 2.65. The van der Waals surface area contributed by atoms with Crippen LogP contribution >= 0.6 is 0 Å². The highest BCUT2D eigenvalue weighted by atomic mass is 16.5. The van der Waals surface area contributed by atoms with Crippen molar-refractivity contribution in [2.45, 2.75) is 13.8 Å². The second kappa shape index (κ2) is 3.33. The monoisotopic (exact) mass is 201 g/mol. The maximum absolute atomic E-state index is 11.6. The van der Waals surface area contributed by atoms with Crippen molar-refractivity contribution in [2.75, 3.05) is 20.8 Å². The molecule has 0 saturated carbocycles. The third kappa shape index (κ3) is 1.93. The van der Waals surface area contributed by atoms with E-state index in [-0.39, 0.29) is 30.3 Å². The smallest absolute Gasteiger partial charge is 0.237 e. The Morgan fingerprint density at radius 1 is 1.21 bits per heavy atom. The van der Waals surface area contributed by atoms with Crippen molar-refractivity contribution in [1.29, 1.82) is 0 Å². The first-order chi connectivity index (χ1) is 6.24. The van der Waals surface area contributed by atoms with Gasteiger partial charge in [0, 0.05) is 11.8 Å². The predicted molar refractivity (Wildman–Crippen MR) is 48.9 cm³/mol. The van der Waals surface area contributed by atoms with Gasteiger partial charge in [0.1, 0.15) is 0 Å². The Bertz CT molecular complexity index is 250. The fourth-order valence-corrected chi connectivity index (χ4v) is 1.51. The molecule has 0 bridgehead atoms. The summed E-state index contributed by atoms with van der Waals surface area (Å²) < 4.78 is -0.406. The zero-order chi connectivity index (χ0) is 11.1. The van der Waals surface area contributed by atoms with Gasteiger partial charge in [-0.1, -0.05) is 13.8 Å². The lowest BCUT2D eigenvalue weighted by molar-refractivity contribution is -1.08. The molecule has 1 N–H and O–H groups in total. The summed E-state index contributed by atoms with van der Waals surface area (Å²) in [5.41, 5.74) is 0. The van der Waals surface area contributed by atoms with E-state index < -0.39 is 4.65 Å². The molecule has 1 saturated heterocycles. The Balaban J connectivity index is 2.81. The zero-order valence-electron chi connectivity index (χ0n) is 9.02. The number of hydroxylamine groups is 3. The van der Waals surface area contributed by atoms with Crippen LogP contribution in [0.15, 0.2) is 0 Å². The van der Waals surface area contributed by atoms with Gasteiger partial charge in [0.15, 0.2) is 6.67 Å². The molecule has 2 atom stereocenters. The van der Waals surface area contributed by atoms with Gasteiger partial charge in [0.05, 0.1) is 14.1 Å². The van der Waals surface area contributed by atoms with Crippen molar-refractivity contribution >= 4 is 11.8 Å². The number of hydrogen-bond acceptors (Lipinski definition) is 3. The summed E-state index contributed by atoms with van der Waals surface area (Å²) in [6.45, 7) is 3.50. The summed E-state index contributed by atoms with van der Waals surface area (Å²) in [6, 6.07) is 0. The highest BCUT2D eigenvalue weighted by Crippen LogP contribution is 2.25. The molecule has 1 fully saturated rings. The Labute approximate surface area is 83.5 Å². The summed E-state index contributed by atoms with van der Waals surface area (Å²) in [7, 11) is 3.04. The lowest BCUT2D eigenvalue weighted by atomic mass is 10.00. The first-order valence-electron chi connectivity index (χ1n) is 4.65. The second-order valence-corrected chi connectivity index (χ2v) is 4.44. The number of rotatable bonds is 2. The third-order valence-corrected chi connectivity index (χ3v) is 2.55. The topological polar surface area (TPSA) is 57.6 Å². The highest BCUT2D eigenvalue weighted by molar-refractivity contribution is 6.04. The van der Waals surface area contributed by atoms with E-state index in [1.165, 1.54) is 14.1 Å². The molecule has 0 aliphatic carbocycles. The first kappa shape index (κ1) is 11.1. The van der Waals surface area contributed by atoms with Crippen LogP contribution in [0.2, 0.25) is 0 Å². The van der Waals surface area contributed by atoms with E-state index in [2.05, 4.69) is 0 Å². The molecule has 2 amide bonds. The Morgan fingerprint density at radius 3 is 1.86 bits per heavy atom. The molecule has 2 unspecified atom stereocenters. The average molecular weight is 201 g/mol. The van der Waals surface area contributed by atoms with Gasteiger partial charge in [0.25, 0.3) is 0 Å². The number of amides is 2. The second-order valence-electron chi connectivity index (χ2n) is 4.44. The number of hydrogen-bond donors (Lipinski definition) is 1. The maximum Gasteiger partial charge on any atom is 0.237 e. The van der Waals surface area contributed by atoms with Crippen molar-refractivity contribution in [3.8, 4) is 0 Å². The minimum absolute atomic E-state index is 0.0202. The van der Waals surface area contributed by atoms with Crippen LogP contribution in [0.25, 0.3) is 0 Å². The van der Waals surface area contributed by atoms with E-state index in [4.69, 9.17) is 0 Å². The fourth-order valence-electron chi connectivity index (χ4n) is 1.51. The van der Waals surface area contributed by atoms with Crippen molar-refractivity contribution < 1.29 is 19.4 Å². The van der Waals surface area contributed by atoms with Crippen LogP contribution in [0.4, 0.5) is 0 Å². The molecule has 1 aliphatic rings. The molecule has 0 aromatic rings. The summed E-state index contributed by atoms with van der Waals surface area (Å²) in [5.74, 6) is -0.923. The number of nitrogens with zero attached hydrogens (tertiary/aromatic N) is 2. The molecule has 80 valence electrons. The molecule has 1 aliphatic heterocycles. The maximum atomic E-state index is 11.6. The minimum Gasteiger partial charge on any atom is -0.274 e. The molecule has 5 nitrogen and oxygen atoms in total. The molecule has 1 heterocycles. The zero-order valence-corrected chi connectivity index (χ0v) is 9.02. The van der Waals surface area contributed by atoms with Crippen LogP contribution in [-0.2, 0) is 9.59 Å². The van der Waals surface area contributed by atoms with Crippen LogP contribution in [-0.4, -0.2) is 47.3 Å². The van der Waals surface area contributed by atoms with E-state index in [0.29, 0.717) is 0 Å². The van der Waals surface area contributed by atoms with Crippen LogP contribution in [0.5, 0.6) is 0 Å². The van der Waals surface area contributed by atoms with Crippen molar-refractivity contribution in [1.82, 2.24) is 4.90 Å². The molecular weight excluding hydrogens is 184 g/mol. The number of imide groups is 1. The van der Waals surface area contributed by atoms with Crippen LogP contribution in [0, 0.1) is 11.8 Å². The molecular formula is C9H17N2O3+. The van der Waals surface area contributed by atoms with Crippen LogP contribution in [0.1, 0.15) is 13.8 Å². The van der Waals surface area contributed by atoms with Crippen LogP contribution in [0.3, 0.4) is 0 Å². The van der Waals surface area contributed by atoms with E-state index >= 15 is 0 Å². The molecule has 0 aromatic heterocycles. The van der Waals surface area contributed by atoms with Gasteiger partial charge < -0.3 is 0 Å². The summed E-state index contributed by atoms with van der Waals surface area (Å²) in [5, 5.41) is 9.48. The SMILES string of the molecule is CC1C(=O)N(C[N+](C)(C)O)C(=O)C1C. The lowest BCUT2D eigenvalue weighted by Crippen LogP contribution is -2.48. The van der Waals surface area contributed by atoms with E-state index in [1.807, 2.05) is 0 Å². The third-order valence-electron chi connectivity index (χ3n) is 2.55. The lowest BCUT2D eigenvalue weighted by Gasteiger charge is -2.24. The van der Waals surface area contributed by atoms with Gasteiger partial charge in [-0.25, -0.2) is 10.1 Å². The van der Waals surface area contributed by atoms with Crippen LogP contribution < -0.4 is 0 Å². The molecule has 14 heavy (non-hydrogen) atoms. The molecule has 0 aromatic carbocycles. The summed E-state index contributed by atoms with van der Waals surface area (Å²) in [6.07, 6.45) is 0. The number of likely N-dealkylation sites (tertiary alicyclic amines) is 1. The first-order valence-corrected chi connectivity index (χ1v) is 4.65. The normalized spacial score (nSPS) is 28.8.